The maximum Gasteiger partial charge on any atom is 0.387 e. The Morgan fingerprint density at radius 3 is 2.44 bits per heavy atom. The number of benzene rings is 2. The van der Waals surface area contributed by atoms with Crippen LogP contribution in [0.15, 0.2) is 36.4 Å². The Kier molecular flexibility index (Phi) is 8.14. The maximum atomic E-state index is 13.1. The Hall–Kier alpha value is -3.56. The normalized spacial score (nSPS) is 15.4. The van der Waals surface area contributed by atoms with Crippen LogP contribution in [-0.2, 0) is 16.1 Å². The molecule has 0 aliphatic carbocycles. The molecule has 1 saturated heterocycles. The van der Waals surface area contributed by atoms with Gasteiger partial charge in [-0.25, -0.2) is 0 Å². The van der Waals surface area contributed by atoms with Gasteiger partial charge in [0.15, 0.2) is 23.0 Å². The van der Waals surface area contributed by atoms with E-state index in [1.165, 1.54) is 25.2 Å². The molecule has 2 aromatic carbocycles. The van der Waals surface area contributed by atoms with Crippen LogP contribution in [0.4, 0.5) is 14.5 Å². The Morgan fingerprint density at radius 1 is 1.09 bits per heavy atom. The Labute approximate surface area is 196 Å². The summed E-state index contributed by atoms with van der Waals surface area (Å²) in [7, 11) is 4.67. The molecule has 0 saturated carbocycles. The fourth-order valence-electron chi connectivity index (χ4n) is 3.89. The van der Waals surface area contributed by atoms with Gasteiger partial charge in [-0.2, -0.15) is 8.78 Å². The van der Waals surface area contributed by atoms with E-state index < -0.39 is 12.5 Å². The summed E-state index contributed by atoms with van der Waals surface area (Å²) < 4.78 is 45.7. The second-order valence-electron chi connectivity index (χ2n) is 7.73. The van der Waals surface area contributed by atoms with E-state index in [1.54, 1.807) is 49.2 Å². The van der Waals surface area contributed by atoms with Crippen molar-refractivity contribution in [3.05, 3.63) is 42.0 Å². The molecule has 1 atom stereocenters. The molecular formula is C24H28F2N2O6. The number of halogens is 2. The number of nitrogens with zero attached hydrogens (tertiary/aromatic N) is 2. The first kappa shape index (κ1) is 25.1. The number of alkyl halides is 2. The highest BCUT2D eigenvalue weighted by atomic mass is 19.3. The van der Waals surface area contributed by atoms with Gasteiger partial charge in [0.2, 0.25) is 11.8 Å². The van der Waals surface area contributed by atoms with Crippen LogP contribution in [0.3, 0.4) is 0 Å². The molecule has 0 N–H and O–H groups in total. The third kappa shape index (κ3) is 5.67. The lowest BCUT2D eigenvalue weighted by molar-refractivity contribution is -0.135. The minimum Gasteiger partial charge on any atom is -0.493 e. The van der Waals surface area contributed by atoms with Crippen molar-refractivity contribution >= 4 is 17.5 Å². The zero-order valence-corrected chi connectivity index (χ0v) is 19.5. The van der Waals surface area contributed by atoms with E-state index in [-0.39, 0.29) is 49.4 Å². The van der Waals surface area contributed by atoms with E-state index in [4.69, 9.17) is 14.2 Å². The van der Waals surface area contributed by atoms with Crippen LogP contribution in [0.5, 0.6) is 23.0 Å². The second-order valence-corrected chi connectivity index (χ2v) is 7.73. The van der Waals surface area contributed by atoms with Gasteiger partial charge >= 0.3 is 6.61 Å². The van der Waals surface area contributed by atoms with Crippen molar-refractivity contribution in [3.63, 3.8) is 0 Å². The summed E-state index contributed by atoms with van der Waals surface area (Å²) in [5.74, 6) is 0.274. The molecule has 1 aliphatic heterocycles. The zero-order chi connectivity index (χ0) is 24.8. The van der Waals surface area contributed by atoms with Gasteiger partial charge in [0.25, 0.3) is 0 Å². The lowest BCUT2D eigenvalue weighted by Gasteiger charge is -2.22. The molecule has 0 bridgehead atoms. The summed E-state index contributed by atoms with van der Waals surface area (Å²) in [5, 5.41) is 0. The predicted octanol–water partition coefficient (Wildman–Crippen LogP) is 3.72. The quantitative estimate of drug-likeness (QED) is 0.518. The number of hydrogen-bond donors (Lipinski definition) is 0. The van der Waals surface area contributed by atoms with Gasteiger partial charge in [-0.3, -0.25) is 9.59 Å². The molecule has 3 rings (SSSR count). The minimum absolute atomic E-state index is 0.0680. The van der Waals surface area contributed by atoms with Crippen LogP contribution in [0.1, 0.15) is 18.9 Å². The van der Waals surface area contributed by atoms with E-state index in [9.17, 15) is 18.4 Å². The molecule has 0 spiro atoms. The van der Waals surface area contributed by atoms with Crippen molar-refractivity contribution in [2.75, 3.05) is 39.3 Å². The fraction of sp³-hybridized carbons (Fsp3) is 0.417. The molecule has 184 valence electrons. The third-order valence-corrected chi connectivity index (χ3v) is 5.47. The molecule has 0 aromatic heterocycles. The SMILES string of the molecule is CCOc1cc(CN(C)C(=O)C2CC(=O)N(c3ccc(OC)c(OC)c3)C2)ccc1OC(F)F. The number of carbonyl (C=O) groups is 2. The van der Waals surface area contributed by atoms with Crippen LogP contribution in [-0.4, -0.2) is 57.7 Å². The largest absolute Gasteiger partial charge is 0.493 e. The Balaban J connectivity index is 1.69. The molecule has 0 radical (unpaired) electrons. The van der Waals surface area contributed by atoms with Gasteiger partial charge in [0.1, 0.15) is 0 Å². The van der Waals surface area contributed by atoms with Crippen LogP contribution >= 0.6 is 0 Å². The van der Waals surface area contributed by atoms with Gasteiger partial charge < -0.3 is 28.7 Å². The molecule has 2 amide bonds. The van der Waals surface area contributed by atoms with Crippen molar-refractivity contribution in [3.8, 4) is 23.0 Å². The van der Waals surface area contributed by atoms with E-state index in [0.29, 0.717) is 22.7 Å². The van der Waals surface area contributed by atoms with Crippen LogP contribution < -0.4 is 23.8 Å². The molecule has 34 heavy (non-hydrogen) atoms. The molecule has 10 heteroatoms. The van der Waals surface area contributed by atoms with Crippen molar-refractivity contribution < 1.29 is 37.3 Å². The van der Waals surface area contributed by atoms with Crippen molar-refractivity contribution in [1.29, 1.82) is 0 Å². The van der Waals surface area contributed by atoms with Gasteiger partial charge in [-0.05, 0) is 36.8 Å². The molecule has 2 aromatic rings. The van der Waals surface area contributed by atoms with Crippen molar-refractivity contribution in [2.24, 2.45) is 5.92 Å². The number of rotatable bonds is 10. The fourth-order valence-corrected chi connectivity index (χ4v) is 3.89. The highest BCUT2D eigenvalue weighted by molar-refractivity contribution is 6.00. The molecular weight excluding hydrogens is 450 g/mol. The number of carbonyl (C=O) groups excluding carboxylic acids is 2. The van der Waals surface area contributed by atoms with Gasteiger partial charge in [-0.15, -0.1) is 0 Å². The highest BCUT2D eigenvalue weighted by Gasteiger charge is 2.36. The van der Waals surface area contributed by atoms with E-state index in [0.717, 1.165) is 0 Å². The standard InChI is InChI=1S/C24H28F2N2O6/c1-5-33-21-10-15(6-8-19(21)34-24(25)26)13-27(2)23(30)16-11-22(29)28(14-16)17-7-9-18(31-3)20(12-17)32-4/h6-10,12,16,24H,5,11,13-14H2,1-4H3. The minimum atomic E-state index is -2.97. The maximum absolute atomic E-state index is 13.1. The van der Waals surface area contributed by atoms with Crippen molar-refractivity contribution in [1.82, 2.24) is 4.90 Å². The zero-order valence-electron chi connectivity index (χ0n) is 19.5. The summed E-state index contributed by atoms with van der Waals surface area (Å²) in [6.07, 6.45) is 0.0862. The number of hydrogen-bond acceptors (Lipinski definition) is 6. The molecule has 1 fully saturated rings. The number of methoxy groups -OCH3 is 2. The van der Waals surface area contributed by atoms with Crippen molar-refractivity contribution in [2.45, 2.75) is 26.5 Å². The molecule has 8 nitrogen and oxygen atoms in total. The summed E-state index contributed by atoms with van der Waals surface area (Å²) in [6, 6.07) is 9.71. The molecule has 1 aliphatic rings. The number of amides is 2. The average Bonchev–Trinajstić information content (AvgIpc) is 3.21. The average molecular weight is 478 g/mol. The highest BCUT2D eigenvalue weighted by Crippen LogP contribution is 2.35. The topological polar surface area (TPSA) is 77.5 Å². The van der Waals surface area contributed by atoms with Crippen LogP contribution in [0, 0.1) is 5.92 Å². The van der Waals surface area contributed by atoms with Crippen LogP contribution in [0.2, 0.25) is 0 Å². The second kappa shape index (κ2) is 11.0. The monoisotopic (exact) mass is 478 g/mol. The van der Waals surface area contributed by atoms with Crippen LogP contribution in [0.25, 0.3) is 0 Å². The Bertz CT molecular complexity index is 1030. The summed E-state index contributed by atoms with van der Waals surface area (Å²) in [4.78, 5) is 28.8. The Morgan fingerprint density at radius 2 is 1.79 bits per heavy atom. The first-order chi connectivity index (χ1) is 16.3. The van der Waals surface area contributed by atoms with E-state index >= 15 is 0 Å². The smallest absolute Gasteiger partial charge is 0.387 e. The van der Waals surface area contributed by atoms with E-state index in [2.05, 4.69) is 4.74 Å². The first-order valence-electron chi connectivity index (χ1n) is 10.7. The summed E-state index contributed by atoms with van der Waals surface area (Å²) >= 11 is 0. The van der Waals surface area contributed by atoms with Gasteiger partial charge in [0.05, 0.1) is 26.7 Å². The molecule has 1 unspecified atom stereocenters. The third-order valence-electron chi connectivity index (χ3n) is 5.47. The number of ether oxygens (including phenoxy) is 4. The predicted molar refractivity (Wildman–Crippen MR) is 121 cm³/mol. The summed E-state index contributed by atoms with van der Waals surface area (Å²) in [6.45, 7) is -0.510. The van der Waals surface area contributed by atoms with E-state index in [1.807, 2.05) is 0 Å². The summed E-state index contributed by atoms with van der Waals surface area (Å²) in [5.41, 5.74) is 1.30. The van der Waals surface area contributed by atoms with Gasteiger partial charge in [-0.1, -0.05) is 6.07 Å². The first-order valence-corrected chi connectivity index (χ1v) is 10.7. The number of anilines is 1. The van der Waals surface area contributed by atoms with Gasteiger partial charge in [0, 0.05) is 38.3 Å². The lowest BCUT2D eigenvalue weighted by atomic mass is 10.1. The lowest BCUT2D eigenvalue weighted by Crippen LogP contribution is -2.34. The molecule has 1 heterocycles.